The lowest BCUT2D eigenvalue weighted by atomic mass is 9.86. The van der Waals surface area contributed by atoms with Crippen molar-refractivity contribution in [3.05, 3.63) is 35.4 Å². The number of amides is 2. The molecule has 1 aliphatic rings. The Hall–Kier alpha value is -1.84. The first-order valence-electron chi connectivity index (χ1n) is 7.70. The van der Waals surface area contributed by atoms with Crippen molar-refractivity contribution in [2.24, 2.45) is 5.92 Å². The number of nitrogens with one attached hydrogen (secondary N) is 2. The summed E-state index contributed by atoms with van der Waals surface area (Å²) >= 11 is 0. The molecule has 0 saturated heterocycles. The van der Waals surface area contributed by atoms with E-state index in [0.717, 1.165) is 12.0 Å². The molecule has 0 heterocycles. The molecule has 2 rings (SSSR count). The molecule has 1 aromatic carbocycles. The second-order valence-electron chi connectivity index (χ2n) is 5.99. The molecule has 2 atom stereocenters. The molecule has 1 saturated carbocycles. The normalized spacial score (nSPS) is 21.6. The van der Waals surface area contributed by atoms with Crippen LogP contribution >= 0.6 is 0 Å². The summed E-state index contributed by atoms with van der Waals surface area (Å²) in [5.74, 6) is 0.218. The van der Waals surface area contributed by atoms with Crippen LogP contribution < -0.4 is 10.6 Å². The van der Waals surface area contributed by atoms with E-state index < -0.39 is 0 Å². The molecule has 1 fully saturated rings. The summed E-state index contributed by atoms with van der Waals surface area (Å²) in [6.45, 7) is 4.15. The van der Waals surface area contributed by atoms with E-state index in [9.17, 15) is 9.59 Å². The van der Waals surface area contributed by atoms with Gasteiger partial charge >= 0.3 is 0 Å². The Morgan fingerprint density at radius 2 is 2.00 bits per heavy atom. The fourth-order valence-electron chi connectivity index (χ4n) is 2.84. The van der Waals surface area contributed by atoms with Crippen molar-refractivity contribution in [3.63, 3.8) is 0 Å². The number of aryl methyl sites for hydroxylation is 1. The third-order valence-electron chi connectivity index (χ3n) is 4.15. The molecular formula is C17H24N2O2. The van der Waals surface area contributed by atoms with Crippen molar-refractivity contribution in [2.45, 2.75) is 45.6 Å². The van der Waals surface area contributed by atoms with Crippen LogP contribution in [0.25, 0.3) is 0 Å². The fourth-order valence-corrected chi connectivity index (χ4v) is 2.84. The van der Waals surface area contributed by atoms with Crippen LogP contribution in [0.15, 0.2) is 24.3 Å². The predicted molar refractivity (Wildman–Crippen MR) is 83.1 cm³/mol. The number of benzene rings is 1. The van der Waals surface area contributed by atoms with E-state index in [-0.39, 0.29) is 24.4 Å². The smallest absolute Gasteiger partial charge is 0.251 e. The maximum atomic E-state index is 12.0. The van der Waals surface area contributed by atoms with Gasteiger partial charge in [-0.05, 0) is 37.8 Å². The van der Waals surface area contributed by atoms with E-state index in [1.807, 2.05) is 25.1 Å². The van der Waals surface area contributed by atoms with Gasteiger partial charge in [0.15, 0.2) is 0 Å². The summed E-state index contributed by atoms with van der Waals surface area (Å²) in [7, 11) is 0. The molecule has 0 aromatic heterocycles. The largest absolute Gasteiger partial charge is 0.352 e. The molecule has 0 bridgehead atoms. The minimum atomic E-state index is -0.203. The Morgan fingerprint density at radius 1 is 1.24 bits per heavy atom. The number of rotatable bonds is 4. The lowest BCUT2D eigenvalue weighted by molar-refractivity contribution is -0.121. The van der Waals surface area contributed by atoms with E-state index >= 15 is 0 Å². The number of hydrogen-bond donors (Lipinski definition) is 2. The van der Waals surface area contributed by atoms with Gasteiger partial charge in [-0.1, -0.05) is 37.5 Å². The minimum Gasteiger partial charge on any atom is -0.352 e. The molecule has 0 spiro atoms. The Morgan fingerprint density at radius 3 is 2.71 bits per heavy atom. The van der Waals surface area contributed by atoms with Gasteiger partial charge in [-0.3, -0.25) is 9.59 Å². The highest BCUT2D eigenvalue weighted by Gasteiger charge is 2.22. The lowest BCUT2D eigenvalue weighted by Crippen LogP contribution is -2.45. The van der Waals surface area contributed by atoms with Gasteiger partial charge in [0.05, 0.1) is 6.54 Å². The van der Waals surface area contributed by atoms with Crippen molar-refractivity contribution in [1.82, 2.24) is 10.6 Å². The van der Waals surface area contributed by atoms with Gasteiger partial charge in [0.25, 0.3) is 5.91 Å². The highest BCUT2D eigenvalue weighted by atomic mass is 16.2. The van der Waals surface area contributed by atoms with Crippen molar-refractivity contribution in [2.75, 3.05) is 6.54 Å². The molecule has 2 N–H and O–H groups in total. The van der Waals surface area contributed by atoms with E-state index in [4.69, 9.17) is 0 Å². The van der Waals surface area contributed by atoms with Crippen molar-refractivity contribution < 1.29 is 9.59 Å². The molecular weight excluding hydrogens is 264 g/mol. The van der Waals surface area contributed by atoms with E-state index in [1.165, 1.54) is 19.3 Å². The zero-order valence-electron chi connectivity index (χ0n) is 12.8. The SMILES string of the molecule is Cc1cccc(C(=O)NCC(=O)NC2CCCCC2C)c1. The predicted octanol–water partition coefficient (Wildman–Crippen LogP) is 2.42. The van der Waals surface area contributed by atoms with Crippen LogP contribution in [-0.2, 0) is 4.79 Å². The van der Waals surface area contributed by atoms with Crippen LogP contribution in [-0.4, -0.2) is 24.4 Å². The summed E-state index contributed by atoms with van der Waals surface area (Å²) in [6, 6.07) is 7.60. The molecule has 0 radical (unpaired) electrons. The highest BCUT2D eigenvalue weighted by Crippen LogP contribution is 2.23. The molecule has 1 aromatic rings. The van der Waals surface area contributed by atoms with Crippen molar-refractivity contribution >= 4 is 11.8 Å². The second-order valence-corrected chi connectivity index (χ2v) is 5.99. The standard InChI is InChI=1S/C17H24N2O2/c1-12-6-5-8-14(10-12)17(21)18-11-16(20)19-15-9-4-3-7-13(15)2/h5-6,8,10,13,15H,3-4,7,9,11H2,1-2H3,(H,18,21)(H,19,20). The van der Waals surface area contributed by atoms with Gasteiger partial charge in [-0.2, -0.15) is 0 Å². The van der Waals surface area contributed by atoms with E-state index in [1.54, 1.807) is 6.07 Å². The molecule has 1 aliphatic carbocycles. The van der Waals surface area contributed by atoms with Gasteiger partial charge in [0.2, 0.25) is 5.91 Å². The van der Waals surface area contributed by atoms with Crippen LogP contribution in [0, 0.1) is 12.8 Å². The monoisotopic (exact) mass is 288 g/mol. The van der Waals surface area contributed by atoms with Crippen LogP contribution in [0.4, 0.5) is 0 Å². The maximum absolute atomic E-state index is 12.0. The Bertz CT molecular complexity index is 513. The summed E-state index contributed by atoms with van der Waals surface area (Å²) in [5, 5.41) is 5.71. The third kappa shape index (κ3) is 4.59. The topological polar surface area (TPSA) is 58.2 Å². The van der Waals surface area contributed by atoms with Crippen molar-refractivity contribution in [1.29, 1.82) is 0 Å². The summed E-state index contributed by atoms with van der Waals surface area (Å²) in [5.41, 5.74) is 1.62. The summed E-state index contributed by atoms with van der Waals surface area (Å²) < 4.78 is 0. The first-order valence-corrected chi connectivity index (χ1v) is 7.70. The molecule has 4 nitrogen and oxygen atoms in total. The van der Waals surface area contributed by atoms with Gasteiger partial charge in [-0.25, -0.2) is 0 Å². The average molecular weight is 288 g/mol. The number of hydrogen-bond acceptors (Lipinski definition) is 2. The zero-order chi connectivity index (χ0) is 15.2. The van der Waals surface area contributed by atoms with Crippen LogP contribution in [0.2, 0.25) is 0 Å². The van der Waals surface area contributed by atoms with Crippen LogP contribution in [0.3, 0.4) is 0 Å². The van der Waals surface area contributed by atoms with Gasteiger partial charge in [0, 0.05) is 11.6 Å². The quantitative estimate of drug-likeness (QED) is 0.894. The summed E-state index contributed by atoms with van der Waals surface area (Å²) in [4.78, 5) is 23.9. The van der Waals surface area contributed by atoms with Crippen molar-refractivity contribution in [3.8, 4) is 0 Å². The fraction of sp³-hybridized carbons (Fsp3) is 0.529. The molecule has 4 heteroatoms. The molecule has 2 amide bonds. The molecule has 2 unspecified atom stereocenters. The van der Waals surface area contributed by atoms with Gasteiger partial charge in [-0.15, -0.1) is 0 Å². The first-order chi connectivity index (χ1) is 10.1. The van der Waals surface area contributed by atoms with E-state index in [2.05, 4.69) is 17.6 Å². The van der Waals surface area contributed by atoms with Gasteiger partial charge < -0.3 is 10.6 Å². The molecule has 21 heavy (non-hydrogen) atoms. The van der Waals surface area contributed by atoms with Crippen LogP contribution in [0.1, 0.15) is 48.5 Å². The average Bonchev–Trinajstić information content (AvgIpc) is 2.47. The lowest BCUT2D eigenvalue weighted by Gasteiger charge is -2.29. The Labute approximate surface area is 126 Å². The van der Waals surface area contributed by atoms with Gasteiger partial charge in [0.1, 0.15) is 0 Å². The number of carbonyl (C=O) groups is 2. The number of carbonyl (C=O) groups excluding carboxylic acids is 2. The Balaban J connectivity index is 1.79. The molecule has 0 aliphatic heterocycles. The third-order valence-corrected chi connectivity index (χ3v) is 4.15. The zero-order valence-corrected chi connectivity index (χ0v) is 12.8. The van der Waals surface area contributed by atoms with E-state index in [0.29, 0.717) is 11.5 Å². The second kappa shape index (κ2) is 7.25. The molecule has 114 valence electrons. The van der Waals surface area contributed by atoms with Crippen LogP contribution in [0.5, 0.6) is 0 Å². The Kier molecular flexibility index (Phi) is 5.37. The summed E-state index contributed by atoms with van der Waals surface area (Å²) in [6.07, 6.45) is 4.63. The minimum absolute atomic E-state index is 0.0377. The maximum Gasteiger partial charge on any atom is 0.251 e. The highest BCUT2D eigenvalue weighted by molar-refractivity contribution is 5.96. The first kappa shape index (κ1) is 15.5.